The minimum absolute atomic E-state index is 0.0249. The number of methoxy groups -OCH3 is 1. The molecule has 0 aliphatic carbocycles. The van der Waals surface area contributed by atoms with Crippen molar-refractivity contribution >= 4 is 17.2 Å². The van der Waals surface area contributed by atoms with E-state index in [0.717, 1.165) is 22.9 Å². The number of ether oxygens (including phenoxy) is 1. The van der Waals surface area contributed by atoms with Gasteiger partial charge in [0.25, 0.3) is 5.91 Å². The number of hydrogen-bond acceptors (Lipinski definition) is 6. The fraction of sp³-hybridized carbons (Fsp3) is 0.400. The summed E-state index contributed by atoms with van der Waals surface area (Å²) in [5, 5.41) is 10.5. The normalized spacial score (nSPS) is 16.1. The predicted molar refractivity (Wildman–Crippen MR) is 110 cm³/mol. The predicted octanol–water partition coefficient (Wildman–Crippen LogP) is 2.00. The fourth-order valence-corrected chi connectivity index (χ4v) is 4.21. The van der Waals surface area contributed by atoms with E-state index >= 15 is 0 Å². The fourth-order valence-electron chi connectivity index (χ4n) is 3.61. The Bertz CT molecular complexity index is 1080. The number of rotatable bonds is 5. The lowest BCUT2D eigenvalue weighted by Crippen LogP contribution is -2.36. The van der Waals surface area contributed by atoms with Gasteiger partial charge >= 0.3 is 5.69 Å². The van der Waals surface area contributed by atoms with E-state index in [1.165, 1.54) is 4.68 Å². The van der Waals surface area contributed by atoms with Crippen molar-refractivity contribution in [1.82, 2.24) is 24.6 Å². The van der Waals surface area contributed by atoms with Gasteiger partial charge in [0.15, 0.2) is 0 Å². The van der Waals surface area contributed by atoms with Crippen molar-refractivity contribution < 1.29 is 9.53 Å². The highest BCUT2D eigenvalue weighted by atomic mass is 32.1. The molecule has 1 N–H and O–H groups in total. The van der Waals surface area contributed by atoms with Crippen molar-refractivity contribution in [2.75, 3.05) is 7.11 Å². The Morgan fingerprint density at radius 2 is 2.17 bits per heavy atom. The standard InChI is InChI=1S/C20H23N5O3S/c1-13-21-15(12-29-13)11-25-20(27)24-10-9-14(7-8-18(24)23-25)22-19(26)16-5-3-4-6-17(16)28-2/h3-6,12,14H,7-11H2,1-2H3,(H,22,26). The monoisotopic (exact) mass is 413 g/mol. The molecule has 1 aliphatic heterocycles. The lowest BCUT2D eigenvalue weighted by Gasteiger charge is -2.17. The first-order chi connectivity index (χ1) is 14.0. The van der Waals surface area contributed by atoms with Crippen molar-refractivity contribution in [1.29, 1.82) is 0 Å². The summed E-state index contributed by atoms with van der Waals surface area (Å²) in [4.78, 5) is 29.8. The highest BCUT2D eigenvalue weighted by Gasteiger charge is 2.23. The number of aryl methyl sites for hydroxylation is 2. The number of fused-ring (bicyclic) bond motifs is 1. The number of benzene rings is 1. The zero-order chi connectivity index (χ0) is 20.4. The van der Waals surface area contributed by atoms with Gasteiger partial charge in [-0.2, -0.15) is 5.10 Å². The Labute approximate surface area is 172 Å². The quantitative estimate of drug-likeness (QED) is 0.691. The molecule has 0 radical (unpaired) electrons. The van der Waals surface area contributed by atoms with Gasteiger partial charge in [-0.05, 0) is 31.9 Å². The Balaban J connectivity index is 1.44. The van der Waals surface area contributed by atoms with Crippen LogP contribution in [0.1, 0.15) is 39.7 Å². The number of carbonyl (C=O) groups excluding carboxylic acids is 1. The molecule has 152 valence electrons. The maximum absolute atomic E-state index is 12.7. The lowest BCUT2D eigenvalue weighted by molar-refractivity contribution is 0.0930. The van der Waals surface area contributed by atoms with E-state index in [9.17, 15) is 9.59 Å². The number of nitrogens with one attached hydrogen (secondary N) is 1. The van der Waals surface area contributed by atoms with E-state index in [0.29, 0.717) is 37.2 Å². The number of thiazole rings is 1. The van der Waals surface area contributed by atoms with E-state index in [2.05, 4.69) is 15.4 Å². The van der Waals surface area contributed by atoms with Gasteiger partial charge in [-0.3, -0.25) is 9.36 Å². The molecule has 1 atom stereocenters. The highest BCUT2D eigenvalue weighted by Crippen LogP contribution is 2.19. The minimum atomic E-state index is -0.164. The molecule has 1 amide bonds. The smallest absolute Gasteiger partial charge is 0.346 e. The topological polar surface area (TPSA) is 91.0 Å². The van der Waals surface area contributed by atoms with Crippen molar-refractivity contribution in [3.8, 4) is 5.75 Å². The van der Waals surface area contributed by atoms with Gasteiger partial charge in [-0.25, -0.2) is 14.5 Å². The first kappa shape index (κ1) is 19.4. The highest BCUT2D eigenvalue weighted by molar-refractivity contribution is 7.09. The summed E-state index contributed by atoms with van der Waals surface area (Å²) in [6.07, 6.45) is 2.04. The number of aromatic nitrogens is 4. The van der Waals surface area contributed by atoms with Gasteiger partial charge in [0.05, 0.1) is 29.9 Å². The van der Waals surface area contributed by atoms with E-state index in [4.69, 9.17) is 4.74 Å². The van der Waals surface area contributed by atoms with Crippen LogP contribution in [0.25, 0.3) is 0 Å². The average Bonchev–Trinajstić information content (AvgIpc) is 3.19. The number of nitrogens with zero attached hydrogens (tertiary/aromatic N) is 4. The molecule has 4 rings (SSSR count). The second-order valence-electron chi connectivity index (χ2n) is 7.06. The van der Waals surface area contributed by atoms with Gasteiger partial charge in [0.2, 0.25) is 0 Å². The van der Waals surface area contributed by atoms with Crippen molar-refractivity contribution in [2.45, 2.75) is 45.3 Å². The lowest BCUT2D eigenvalue weighted by atomic mass is 10.1. The third kappa shape index (κ3) is 4.09. The number of para-hydroxylation sites is 1. The number of carbonyl (C=O) groups is 1. The van der Waals surface area contributed by atoms with E-state index < -0.39 is 0 Å². The second kappa shape index (κ2) is 8.20. The molecule has 0 bridgehead atoms. The van der Waals surface area contributed by atoms with Crippen LogP contribution in [0.2, 0.25) is 0 Å². The van der Waals surface area contributed by atoms with Crippen molar-refractivity contribution in [2.24, 2.45) is 0 Å². The Hall–Kier alpha value is -2.94. The van der Waals surface area contributed by atoms with Gasteiger partial charge < -0.3 is 10.1 Å². The summed E-state index contributed by atoms with van der Waals surface area (Å²) in [6.45, 7) is 2.86. The summed E-state index contributed by atoms with van der Waals surface area (Å²) in [6, 6.07) is 7.13. The maximum atomic E-state index is 12.7. The van der Waals surface area contributed by atoms with Gasteiger partial charge in [0.1, 0.15) is 11.6 Å². The largest absolute Gasteiger partial charge is 0.496 e. The molecule has 3 aromatic rings. The maximum Gasteiger partial charge on any atom is 0.346 e. The molecule has 2 aromatic heterocycles. The van der Waals surface area contributed by atoms with Gasteiger partial charge in [0, 0.05) is 24.4 Å². The van der Waals surface area contributed by atoms with Crippen LogP contribution in [0.5, 0.6) is 5.75 Å². The Morgan fingerprint density at radius 3 is 2.93 bits per heavy atom. The van der Waals surface area contributed by atoms with Gasteiger partial charge in [-0.1, -0.05) is 12.1 Å². The van der Waals surface area contributed by atoms with Crippen LogP contribution in [-0.4, -0.2) is 38.4 Å². The summed E-state index contributed by atoms with van der Waals surface area (Å²) < 4.78 is 8.47. The Morgan fingerprint density at radius 1 is 1.34 bits per heavy atom. The molecular formula is C20H23N5O3S. The molecule has 1 unspecified atom stereocenters. The molecule has 0 fully saturated rings. The third-order valence-corrected chi connectivity index (χ3v) is 5.90. The third-order valence-electron chi connectivity index (χ3n) is 5.08. The summed E-state index contributed by atoms with van der Waals surface area (Å²) in [7, 11) is 1.55. The SMILES string of the molecule is COc1ccccc1C(=O)NC1CCc2nn(Cc3csc(C)n3)c(=O)n2CC1. The molecule has 1 aromatic carbocycles. The van der Waals surface area contributed by atoms with Crippen LogP contribution >= 0.6 is 11.3 Å². The first-order valence-electron chi connectivity index (χ1n) is 9.56. The second-order valence-corrected chi connectivity index (χ2v) is 8.13. The van der Waals surface area contributed by atoms with Crippen LogP contribution in [0.4, 0.5) is 0 Å². The molecule has 9 heteroatoms. The summed E-state index contributed by atoms with van der Waals surface area (Å²) >= 11 is 1.56. The molecular weight excluding hydrogens is 390 g/mol. The minimum Gasteiger partial charge on any atom is -0.496 e. The van der Waals surface area contributed by atoms with Crippen LogP contribution in [0.15, 0.2) is 34.4 Å². The molecule has 0 saturated carbocycles. The van der Waals surface area contributed by atoms with Crippen molar-refractivity contribution in [3.63, 3.8) is 0 Å². The zero-order valence-corrected chi connectivity index (χ0v) is 17.2. The molecule has 1 aliphatic rings. The zero-order valence-electron chi connectivity index (χ0n) is 16.4. The molecule has 3 heterocycles. The molecule has 0 saturated heterocycles. The first-order valence-corrected chi connectivity index (χ1v) is 10.4. The number of hydrogen-bond donors (Lipinski definition) is 1. The van der Waals surface area contributed by atoms with Crippen molar-refractivity contribution in [3.05, 3.63) is 62.2 Å². The van der Waals surface area contributed by atoms with Crippen LogP contribution in [-0.2, 0) is 19.5 Å². The van der Waals surface area contributed by atoms with E-state index in [1.54, 1.807) is 35.1 Å². The van der Waals surface area contributed by atoms with Crippen LogP contribution < -0.4 is 15.7 Å². The van der Waals surface area contributed by atoms with Crippen LogP contribution in [0.3, 0.4) is 0 Å². The van der Waals surface area contributed by atoms with E-state index in [1.807, 2.05) is 24.4 Å². The summed E-state index contributed by atoms with van der Waals surface area (Å²) in [5.41, 5.74) is 1.24. The average molecular weight is 414 g/mol. The van der Waals surface area contributed by atoms with Crippen LogP contribution in [0, 0.1) is 6.92 Å². The molecule has 8 nitrogen and oxygen atoms in total. The van der Waals surface area contributed by atoms with Gasteiger partial charge in [-0.15, -0.1) is 11.3 Å². The number of amides is 1. The molecule has 0 spiro atoms. The van der Waals surface area contributed by atoms with E-state index in [-0.39, 0.29) is 17.6 Å². The Kier molecular flexibility index (Phi) is 5.48. The molecule has 29 heavy (non-hydrogen) atoms. The summed E-state index contributed by atoms with van der Waals surface area (Å²) in [5.74, 6) is 1.14.